The van der Waals surface area contributed by atoms with Crippen molar-refractivity contribution in [3.63, 3.8) is 0 Å². The van der Waals surface area contributed by atoms with E-state index < -0.39 is 0 Å². The Morgan fingerprint density at radius 2 is 2.05 bits per heavy atom. The number of aliphatic hydroxyl groups is 1. The van der Waals surface area contributed by atoms with E-state index in [2.05, 4.69) is 53.4 Å². The number of aromatic nitrogens is 2. The molecular formula is C17H29BrN2O. The van der Waals surface area contributed by atoms with Crippen LogP contribution in [0.25, 0.3) is 0 Å². The first kappa shape index (κ1) is 17.0. The largest absolute Gasteiger partial charge is 0.393 e. The third kappa shape index (κ3) is 3.53. The maximum atomic E-state index is 10.5. The number of halogens is 1. The molecule has 120 valence electrons. The minimum Gasteiger partial charge on any atom is -0.393 e. The van der Waals surface area contributed by atoms with Crippen molar-refractivity contribution in [3.05, 3.63) is 15.9 Å². The van der Waals surface area contributed by atoms with Crippen LogP contribution in [0, 0.1) is 24.2 Å². The van der Waals surface area contributed by atoms with Gasteiger partial charge in [0.25, 0.3) is 0 Å². The molecule has 21 heavy (non-hydrogen) atoms. The zero-order valence-electron chi connectivity index (χ0n) is 14.0. The van der Waals surface area contributed by atoms with Gasteiger partial charge >= 0.3 is 0 Å². The average molecular weight is 357 g/mol. The Balaban J connectivity index is 2.21. The van der Waals surface area contributed by atoms with Gasteiger partial charge in [0.2, 0.25) is 0 Å². The van der Waals surface area contributed by atoms with Crippen LogP contribution in [0.3, 0.4) is 0 Å². The van der Waals surface area contributed by atoms with Crippen molar-refractivity contribution < 1.29 is 5.11 Å². The van der Waals surface area contributed by atoms with Gasteiger partial charge in [-0.25, -0.2) is 0 Å². The lowest BCUT2D eigenvalue weighted by Gasteiger charge is -2.42. The highest BCUT2D eigenvalue weighted by Gasteiger charge is 2.39. The Hall–Kier alpha value is -0.350. The fraction of sp³-hybridized carbons (Fsp3) is 0.824. The standard InChI is InChI=1S/C17H29BrN2O/c1-6-20-14(16(18)12(3)19-20)10-17(4,5)13-8-7-11(2)9-15(13)21/h11,13,15,21H,6-10H2,1-5H3. The van der Waals surface area contributed by atoms with Crippen LogP contribution in [0.1, 0.15) is 58.3 Å². The lowest BCUT2D eigenvalue weighted by Crippen LogP contribution is -2.40. The Bertz CT molecular complexity index is 495. The van der Waals surface area contributed by atoms with E-state index in [1.165, 1.54) is 12.1 Å². The number of hydrogen-bond acceptors (Lipinski definition) is 2. The van der Waals surface area contributed by atoms with Crippen LogP contribution in [0.15, 0.2) is 4.47 Å². The third-order valence-corrected chi connectivity index (χ3v) is 6.19. The second-order valence-electron chi connectivity index (χ2n) is 7.42. The SMILES string of the molecule is CCn1nc(C)c(Br)c1CC(C)(C)C1CCC(C)CC1O. The van der Waals surface area contributed by atoms with Crippen LogP contribution in [-0.4, -0.2) is 21.0 Å². The quantitative estimate of drug-likeness (QED) is 0.871. The van der Waals surface area contributed by atoms with Crippen LogP contribution < -0.4 is 0 Å². The molecule has 1 aliphatic carbocycles. The van der Waals surface area contributed by atoms with Gasteiger partial charge in [-0.05, 0) is 66.3 Å². The van der Waals surface area contributed by atoms with Gasteiger partial charge in [0.15, 0.2) is 0 Å². The predicted octanol–water partition coefficient (Wildman–Crippen LogP) is 4.34. The summed E-state index contributed by atoms with van der Waals surface area (Å²) in [5.41, 5.74) is 2.41. The molecule has 1 aromatic heterocycles. The lowest BCUT2D eigenvalue weighted by atomic mass is 9.65. The molecule has 3 nitrogen and oxygen atoms in total. The molecule has 0 amide bonds. The minimum atomic E-state index is -0.165. The molecule has 0 bridgehead atoms. The summed E-state index contributed by atoms with van der Waals surface area (Å²) in [6.45, 7) is 11.9. The van der Waals surface area contributed by atoms with Gasteiger partial charge in [-0.15, -0.1) is 0 Å². The van der Waals surface area contributed by atoms with Crippen molar-refractivity contribution in [2.45, 2.75) is 73.0 Å². The van der Waals surface area contributed by atoms with E-state index in [4.69, 9.17) is 0 Å². The molecule has 2 rings (SSSR count). The molecule has 1 heterocycles. The lowest BCUT2D eigenvalue weighted by molar-refractivity contribution is -0.0132. The van der Waals surface area contributed by atoms with Crippen LogP contribution >= 0.6 is 15.9 Å². The van der Waals surface area contributed by atoms with E-state index in [1.54, 1.807) is 0 Å². The first-order valence-corrected chi connectivity index (χ1v) is 8.95. The summed E-state index contributed by atoms with van der Waals surface area (Å²) in [5.74, 6) is 1.03. The molecule has 0 spiro atoms. The highest BCUT2D eigenvalue weighted by atomic mass is 79.9. The van der Waals surface area contributed by atoms with Crippen LogP contribution in [0.2, 0.25) is 0 Å². The fourth-order valence-corrected chi connectivity index (χ4v) is 4.29. The highest BCUT2D eigenvalue weighted by molar-refractivity contribution is 9.10. The first-order valence-electron chi connectivity index (χ1n) is 8.16. The molecule has 1 N–H and O–H groups in total. The molecule has 3 atom stereocenters. The minimum absolute atomic E-state index is 0.0848. The Morgan fingerprint density at radius 3 is 2.62 bits per heavy atom. The van der Waals surface area contributed by atoms with Crippen molar-refractivity contribution in [1.82, 2.24) is 9.78 Å². The van der Waals surface area contributed by atoms with Crippen molar-refractivity contribution in [3.8, 4) is 0 Å². The maximum Gasteiger partial charge on any atom is 0.0738 e. The molecular weight excluding hydrogens is 328 g/mol. The summed E-state index contributed by atoms with van der Waals surface area (Å²) in [5, 5.41) is 15.1. The molecule has 3 unspecified atom stereocenters. The number of nitrogens with zero attached hydrogens (tertiary/aromatic N) is 2. The topological polar surface area (TPSA) is 38.0 Å². The van der Waals surface area contributed by atoms with Gasteiger partial charge in [-0.1, -0.05) is 27.2 Å². The van der Waals surface area contributed by atoms with E-state index in [9.17, 15) is 5.11 Å². The molecule has 1 aliphatic rings. The van der Waals surface area contributed by atoms with Crippen LogP contribution in [0.5, 0.6) is 0 Å². The zero-order chi connectivity index (χ0) is 15.8. The van der Waals surface area contributed by atoms with Gasteiger partial charge in [-0.3, -0.25) is 4.68 Å². The van der Waals surface area contributed by atoms with E-state index >= 15 is 0 Å². The monoisotopic (exact) mass is 356 g/mol. The van der Waals surface area contributed by atoms with Gasteiger partial charge in [0.1, 0.15) is 0 Å². The molecule has 1 fully saturated rings. The molecule has 4 heteroatoms. The normalized spacial score (nSPS) is 27.1. The summed E-state index contributed by atoms with van der Waals surface area (Å²) in [4.78, 5) is 0. The van der Waals surface area contributed by atoms with E-state index in [-0.39, 0.29) is 11.5 Å². The Kier molecular flexibility index (Phi) is 5.19. The Labute approximate surface area is 137 Å². The van der Waals surface area contributed by atoms with Crippen molar-refractivity contribution in [2.24, 2.45) is 17.3 Å². The molecule has 0 aromatic carbocycles. The average Bonchev–Trinajstić information content (AvgIpc) is 2.65. The first-order chi connectivity index (χ1) is 9.76. The third-order valence-electron chi connectivity index (χ3n) is 5.16. The molecule has 1 aromatic rings. The van der Waals surface area contributed by atoms with Gasteiger partial charge in [-0.2, -0.15) is 5.10 Å². The molecule has 0 aliphatic heterocycles. The molecule has 1 saturated carbocycles. The smallest absolute Gasteiger partial charge is 0.0738 e. The summed E-state index contributed by atoms with van der Waals surface area (Å²) in [6.07, 6.45) is 4.10. The van der Waals surface area contributed by atoms with Crippen molar-refractivity contribution in [2.75, 3.05) is 0 Å². The maximum absolute atomic E-state index is 10.5. The molecule has 0 radical (unpaired) electrons. The summed E-state index contributed by atoms with van der Waals surface area (Å²) in [7, 11) is 0. The van der Waals surface area contributed by atoms with Gasteiger partial charge in [0, 0.05) is 6.54 Å². The highest BCUT2D eigenvalue weighted by Crippen LogP contribution is 2.43. The van der Waals surface area contributed by atoms with Crippen LogP contribution in [-0.2, 0) is 13.0 Å². The van der Waals surface area contributed by atoms with Gasteiger partial charge in [0.05, 0.1) is 22.0 Å². The zero-order valence-corrected chi connectivity index (χ0v) is 15.6. The number of aryl methyl sites for hydroxylation is 2. The summed E-state index contributed by atoms with van der Waals surface area (Å²) < 4.78 is 3.23. The van der Waals surface area contributed by atoms with Crippen molar-refractivity contribution >= 4 is 15.9 Å². The van der Waals surface area contributed by atoms with Crippen molar-refractivity contribution in [1.29, 1.82) is 0 Å². The van der Waals surface area contributed by atoms with Gasteiger partial charge < -0.3 is 5.11 Å². The van der Waals surface area contributed by atoms with E-state index in [0.717, 1.165) is 36.0 Å². The molecule has 0 saturated heterocycles. The number of rotatable bonds is 4. The fourth-order valence-electron chi connectivity index (χ4n) is 3.86. The van der Waals surface area contributed by atoms with E-state index in [1.807, 2.05) is 6.92 Å². The Morgan fingerprint density at radius 1 is 1.38 bits per heavy atom. The summed E-state index contributed by atoms with van der Waals surface area (Å²) >= 11 is 3.70. The summed E-state index contributed by atoms with van der Waals surface area (Å²) in [6, 6.07) is 0. The number of aliphatic hydroxyl groups excluding tert-OH is 1. The number of hydrogen-bond donors (Lipinski definition) is 1. The second-order valence-corrected chi connectivity index (χ2v) is 8.21. The van der Waals surface area contributed by atoms with Crippen LogP contribution in [0.4, 0.5) is 0 Å². The predicted molar refractivity (Wildman–Crippen MR) is 90.3 cm³/mol. The van der Waals surface area contributed by atoms with E-state index in [0.29, 0.717) is 11.8 Å². The second kappa shape index (κ2) is 6.41.